The number of rotatable bonds is 3. The van der Waals surface area contributed by atoms with E-state index in [1.807, 2.05) is 28.8 Å². The molecule has 2 aromatic rings. The molecule has 1 aliphatic rings. The van der Waals surface area contributed by atoms with Gasteiger partial charge in [-0.15, -0.1) is 0 Å². The molecule has 2 N–H and O–H groups in total. The highest BCUT2D eigenvalue weighted by Crippen LogP contribution is 2.20. The Morgan fingerprint density at radius 1 is 1.41 bits per heavy atom. The fourth-order valence-corrected chi connectivity index (χ4v) is 2.82. The number of hydrogen-bond donors (Lipinski definition) is 1. The van der Waals surface area contributed by atoms with Gasteiger partial charge >= 0.3 is 0 Å². The van der Waals surface area contributed by atoms with Crippen LogP contribution in [0.25, 0.3) is 11.7 Å². The molecule has 0 saturated carbocycles. The molecular weight excluding hydrogens is 304 g/mol. The number of fused-ring (bicyclic) bond motifs is 1. The average molecular weight is 319 g/mol. The number of nitrogens with zero attached hydrogens (tertiary/aromatic N) is 3. The molecule has 2 aromatic heterocycles. The second kappa shape index (κ2) is 5.81. The zero-order valence-electron chi connectivity index (χ0n) is 11.8. The number of aromatic nitrogens is 2. The Balaban J connectivity index is 1.77. The maximum absolute atomic E-state index is 12.2. The average Bonchev–Trinajstić information content (AvgIpc) is 3.09. The first-order chi connectivity index (χ1) is 10.6. The van der Waals surface area contributed by atoms with Crippen molar-refractivity contribution in [2.45, 2.75) is 6.42 Å². The highest BCUT2D eigenvalue weighted by Gasteiger charge is 2.28. The van der Waals surface area contributed by atoms with E-state index in [-0.39, 0.29) is 17.7 Å². The van der Waals surface area contributed by atoms with Crippen LogP contribution in [0.4, 0.5) is 0 Å². The van der Waals surface area contributed by atoms with Gasteiger partial charge in [-0.05, 0) is 24.6 Å². The van der Waals surface area contributed by atoms with Gasteiger partial charge in [-0.1, -0.05) is 17.7 Å². The summed E-state index contributed by atoms with van der Waals surface area (Å²) in [5.41, 5.74) is 6.64. The SMILES string of the molecule is NC(=O)C1CCN(C(=O)C=Cc2c(Cl)nc3ccccn23)C1. The van der Waals surface area contributed by atoms with Gasteiger partial charge in [0.15, 0.2) is 5.15 Å². The number of hydrogen-bond acceptors (Lipinski definition) is 3. The molecule has 1 aliphatic heterocycles. The zero-order valence-corrected chi connectivity index (χ0v) is 12.5. The zero-order chi connectivity index (χ0) is 15.7. The lowest BCUT2D eigenvalue weighted by Crippen LogP contribution is -2.30. The largest absolute Gasteiger partial charge is 0.369 e. The molecule has 3 heterocycles. The lowest BCUT2D eigenvalue weighted by atomic mass is 10.1. The Morgan fingerprint density at radius 2 is 2.23 bits per heavy atom. The molecule has 2 amide bonds. The first-order valence-electron chi connectivity index (χ1n) is 6.95. The summed E-state index contributed by atoms with van der Waals surface area (Å²) in [6.45, 7) is 0.914. The highest BCUT2D eigenvalue weighted by molar-refractivity contribution is 6.31. The normalized spacial score (nSPS) is 18.4. The van der Waals surface area contributed by atoms with Crippen molar-refractivity contribution in [3.63, 3.8) is 0 Å². The summed E-state index contributed by atoms with van der Waals surface area (Å²) in [6.07, 6.45) is 5.54. The lowest BCUT2D eigenvalue weighted by molar-refractivity contribution is -0.125. The molecule has 0 spiro atoms. The van der Waals surface area contributed by atoms with Crippen molar-refractivity contribution in [3.8, 4) is 0 Å². The molecule has 1 atom stereocenters. The summed E-state index contributed by atoms with van der Waals surface area (Å²) in [4.78, 5) is 29.1. The molecule has 22 heavy (non-hydrogen) atoms. The van der Waals surface area contributed by atoms with Gasteiger partial charge < -0.3 is 10.6 Å². The number of imidazole rings is 1. The minimum Gasteiger partial charge on any atom is -0.369 e. The molecular formula is C15H15ClN4O2. The van der Waals surface area contributed by atoms with E-state index in [2.05, 4.69) is 4.98 Å². The van der Waals surface area contributed by atoms with Crippen molar-refractivity contribution in [1.29, 1.82) is 0 Å². The number of nitrogens with two attached hydrogens (primary N) is 1. The molecule has 1 unspecified atom stereocenters. The molecule has 3 rings (SSSR count). The van der Waals surface area contributed by atoms with Gasteiger partial charge in [-0.3, -0.25) is 14.0 Å². The minimum atomic E-state index is -0.357. The Kier molecular flexibility index (Phi) is 3.85. The van der Waals surface area contributed by atoms with Crippen LogP contribution in [0.1, 0.15) is 12.1 Å². The van der Waals surface area contributed by atoms with E-state index in [9.17, 15) is 9.59 Å². The van der Waals surface area contributed by atoms with Crippen molar-refractivity contribution < 1.29 is 9.59 Å². The number of primary amides is 1. The van der Waals surface area contributed by atoms with Crippen LogP contribution in [0, 0.1) is 5.92 Å². The van der Waals surface area contributed by atoms with Gasteiger partial charge in [-0.2, -0.15) is 0 Å². The van der Waals surface area contributed by atoms with Gasteiger partial charge in [-0.25, -0.2) is 4.98 Å². The van der Waals surface area contributed by atoms with Gasteiger partial charge in [0.2, 0.25) is 11.8 Å². The number of likely N-dealkylation sites (tertiary alicyclic amines) is 1. The third-order valence-electron chi connectivity index (χ3n) is 3.81. The fraction of sp³-hybridized carbons (Fsp3) is 0.267. The highest BCUT2D eigenvalue weighted by atomic mass is 35.5. The minimum absolute atomic E-state index is 0.161. The number of halogens is 1. The van der Waals surface area contributed by atoms with Crippen LogP contribution in [-0.4, -0.2) is 39.2 Å². The Hall–Kier alpha value is -2.34. The maximum atomic E-state index is 12.2. The summed E-state index contributed by atoms with van der Waals surface area (Å²) < 4.78 is 1.81. The van der Waals surface area contributed by atoms with Crippen molar-refractivity contribution in [2.24, 2.45) is 11.7 Å². The number of amides is 2. The Bertz CT molecular complexity index is 768. The van der Waals surface area contributed by atoms with Crippen LogP contribution >= 0.6 is 11.6 Å². The molecule has 0 aliphatic carbocycles. The van der Waals surface area contributed by atoms with Crippen molar-refractivity contribution in [1.82, 2.24) is 14.3 Å². The molecule has 0 radical (unpaired) electrons. The van der Waals surface area contributed by atoms with E-state index in [1.54, 1.807) is 11.0 Å². The molecule has 6 nitrogen and oxygen atoms in total. The Morgan fingerprint density at radius 3 is 2.95 bits per heavy atom. The standard InChI is InChI=1S/C15H15ClN4O2/c16-14-11(20-7-2-1-3-12(20)18-14)4-5-13(21)19-8-6-10(9-19)15(17)22/h1-5,7,10H,6,8-9H2,(H2,17,22). The van der Waals surface area contributed by atoms with E-state index < -0.39 is 0 Å². The second-order valence-corrected chi connectivity index (χ2v) is 5.58. The topological polar surface area (TPSA) is 80.7 Å². The predicted octanol–water partition coefficient (Wildman–Crippen LogP) is 1.33. The molecule has 114 valence electrons. The fourth-order valence-electron chi connectivity index (χ4n) is 2.58. The summed E-state index contributed by atoms with van der Waals surface area (Å²) >= 11 is 6.11. The van der Waals surface area contributed by atoms with Gasteiger partial charge in [0.1, 0.15) is 5.65 Å². The van der Waals surface area contributed by atoms with Crippen LogP contribution in [0.5, 0.6) is 0 Å². The molecule has 1 fully saturated rings. The first kappa shape index (κ1) is 14.6. The maximum Gasteiger partial charge on any atom is 0.246 e. The lowest BCUT2D eigenvalue weighted by Gasteiger charge is -2.13. The van der Waals surface area contributed by atoms with E-state index in [0.717, 1.165) is 5.65 Å². The van der Waals surface area contributed by atoms with Crippen molar-refractivity contribution in [2.75, 3.05) is 13.1 Å². The van der Waals surface area contributed by atoms with Gasteiger partial charge in [0.05, 0.1) is 11.6 Å². The predicted molar refractivity (Wildman–Crippen MR) is 83.1 cm³/mol. The van der Waals surface area contributed by atoms with Crippen LogP contribution in [0.15, 0.2) is 30.5 Å². The quantitative estimate of drug-likeness (QED) is 0.867. The summed E-state index contributed by atoms with van der Waals surface area (Å²) in [5.74, 6) is -0.772. The van der Waals surface area contributed by atoms with Gasteiger partial charge in [0.25, 0.3) is 0 Å². The monoisotopic (exact) mass is 318 g/mol. The second-order valence-electron chi connectivity index (χ2n) is 5.22. The van der Waals surface area contributed by atoms with E-state index in [4.69, 9.17) is 17.3 Å². The molecule has 7 heteroatoms. The summed E-state index contributed by atoms with van der Waals surface area (Å²) in [6, 6.07) is 5.57. The van der Waals surface area contributed by atoms with Crippen LogP contribution in [0.3, 0.4) is 0 Å². The summed E-state index contributed by atoms with van der Waals surface area (Å²) in [7, 11) is 0. The number of carbonyl (C=O) groups excluding carboxylic acids is 2. The van der Waals surface area contributed by atoms with Crippen LogP contribution in [0.2, 0.25) is 5.15 Å². The van der Waals surface area contributed by atoms with Crippen molar-refractivity contribution >= 4 is 35.1 Å². The molecule has 1 saturated heterocycles. The first-order valence-corrected chi connectivity index (χ1v) is 7.33. The summed E-state index contributed by atoms with van der Waals surface area (Å²) in [5, 5.41) is 0.340. The molecule has 0 aromatic carbocycles. The third-order valence-corrected chi connectivity index (χ3v) is 4.09. The van der Waals surface area contributed by atoms with E-state index in [0.29, 0.717) is 30.4 Å². The third kappa shape index (κ3) is 2.69. The van der Waals surface area contributed by atoms with Crippen molar-refractivity contribution in [3.05, 3.63) is 41.3 Å². The number of pyridine rings is 1. The molecule has 0 bridgehead atoms. The van der Waals surface area contributed by atoms with E-state index >= 15 is 0 Å². The Labute approximate surface area is 132 Å². The number of carbonyl (C=O) groups is 2. The van der Waals surface area contributed by atoms with Crippen LogP contribution < -0.4 is 5.73 Å². The van der Waals surface area contributed by atoms with Gasteiger partial charge in [0, 0.05) is 25.4 Å². The van der Waals surface area contributed by atoms with Crippen LogP contribution in [-0.2, 0) is 9.59 Å². The van der Waals surface area contributed by atoms with E-state index in [1.165, 1.54) is 6.08 Å². The smallest absolute Gasteiger partial charge is 0.246 e.